The van der Waals surface area contributed by atoms with Crippen molar-refractivity contribution in [3.8, 4) is 0 Å². The highest BCUT2D eigenvalue weighted by atomic mass is 16.5. The Balaban J connectivity index is 2.03. The molecule has 0 amide bonds. The second-order valence-corrected chi connectivity index (χ2v) is 5.24. The zero-order chi connectivity index (χ0) is 14.8. The van der Waals surface area contributed by atoms with Gasteiger partial charge in [0.15, 0.2) is 5.78 Å². The molecule has 0 aliphatic heterocycles. The van der Waals surface area contributed by atoms with Crippen molar-refractivity contribution in [1.29, 1.82) is 0 Å². The third-order valence-electron chi connectivity index (χ3n) is 4.08. The summed E-state index contributed by atoms with van der Waals surface area (Å²) in [5, 5.41) is 0. The molecule has 0 bridgehead atoms. The van der Waals surface area contributed by atoms with Gasteiger partial charge in [0, 0.05) is 5.56 Å². The van der Waals surface area contributed by atoms with E-state index in [0.717, 1.165) is 11.1 Å². The van der Waals surface area contributed by atoms with Gasteiger partial charge in [-0.3, -0.25) is 9.59 Å². The average molecular weight is 280 g/mol. The number of carbonyl (C=O) groups excluding carboxylic acids is 2. The van der Waals surface area contributed by atoms with Crippen LogP contribution < -0.4 is 0 Å². The Morgan fingerprint density at radius 2 is 1.67 bits per heavy atom. The van der Waals surface area contributed by atoms with Crippen LogP contribution in [0.3, 0.4) is 0 Å². The van der Waals surface area contributed by atoms with Gasteiger partial charge in [-0.05, 0) is 17.5 Å². The quantitative estimate of drug-likeness (QED) is 0.641. The van der Waals surface area contributed by atoms with Crippen molar-refractivity contribution in [3.05, 3.63) is 71.3 Å². The van der Waals surface area contributed by atoms with E-state index in [-0.39, 0.29) is 11.8 Å². The molecule has 0 spiro atoms. The number of esters is 1. The normalized spacial score (nSPS) is 19.9. The molecule has 0 radical (unpaired) electrons. The molecule has 0 heterocycles. The molecule has 2 aromatic rings. The molecular weight excluding hydrogens is 264 g/mol. The Hall–Kier alpha value is -2.42. The van der Waals surface area contributed by atoms with Crippen LogP contribution in [0.4, 0.5) is 0 Å². The van der Waals surface area contributed by atoms with E-state index in [9.17, 15) is 9.59 Å². The highest BCUT2D eigenvalue weighted by Crippen LogP contribution is 2.40. The van der Waals surface area contributed by atoms with E-state index in [4.69, 9.17) is 4.74 Å². The molecule has 0 saturated heterocycles. The summed E-state index contributed by atoms with van der Waals surface area (Å²) >= 11 is 0. The van der Waals surface area contributed by atoms with Crippen LogP contribution in [0, 0.1) is 5.92 Å². The number of hydrogen-bond acceptors (Lipinski definition) is 3. The number of hydrogen-bond donors (Lipinski definition) is 0. The molecule has 0 saturated carbocycles. The number of benzene rings is 2. The number of fused-ring (bicyclic) bond motifs is 1. The fourth-order valence-electron chi connectivity index (χ4n) is 3.07. The second kappa shape index (κ2) is 5.52. The zero-order valence-electron chi connectivity index (χ0n) is 11.8. The number of ketones is 1. The number of Topliss-reactive ketones (excluding diaryl/α,β-unsaturated/α-hetero) is 1. The number of rotatable bonds is 3. The van der Waals surface area contributed by atoms with Crippen molar-refractivity contribution >= 4 is 11.8 Å². The van der Waals surface area contributed by atoms with Crippen molar-refractivity contribution < 1.29 is 14.3 Å². The lowest BCUT2D eigenvalue weighted by molar-refractivity contribution is -0.145. The van der Waals surface area contributed by atoms with Gasteiger partial charge in [-0.1, -0.05) is 54.6 Å². The monoisotopic (exact) mass is 280 g/mol. The maximum absolute atomic E-state index is 12.8. The lowest BCUT2D eigenvalue weighted by Gasteiger charge is -2.17. The Kier molecular flexibility index (Phi) is 3.57. The summed E-state index contributed by atoms with van der Waals surface area (Å²) in [6.07, 6.45) is 0.562. The van der Waals surface area contributed by atoms with Crippen LogP contribution in [0.25, 0.3) is 0 Å². The van der Waals surface area contributed by atoms with Gasteiger partial charge in [0.25, 0.3) is 0 Å². The minimum atomic E-state index is -0.448. The Morgan fingerprint density at radius 3 is 2.38 bits per heavy atom. The Labute approximate surface area is 123 Å². The average Bonchev–Trinajstić information content (AvgIpc) is 2.93. The number of carbonyl (C=O) groups is 2. The molecule has 0 aromatic heterocycles. The smallest absolute Gasteiger partial charge is 0.310 e. The first-order chi connectivity index (χ1) is 10.2. The van der Waals surface area contributed by atoms with Gasteiger partial charge in [0.05, 0.1) is 18.9 Å². The predicted octanol–water partition coefficient (Wildman–Crippen LogP) is 3.00. The second-order valence-electron chi connectivity index (χ2n) is 5.24. The van der Waals surface area contributed by atoms with Crippen LogP contribution in [0.5, 0.6) is 0 Å². The van der Waals surface area contributed by atoms with Gasteiger partial charge in [-0.15, -0.1) is 0 Å². The fraction of sp³-hybridized carbons (Fsp3) is 0.222. The van der Waals surface area contributed by atoms with Gasteiger partial charge in [-0.25, -0.2) is 0 Å². The largest absolute Gasteiger partial charge is 0.469 e. The first-order valence-electron chi connectivity index (χ1n) is 6.97. The van der Waals surface area contributed by atoms with E-state index < -0.39 is 11.8 Å². The molecule has 2 aromatic carbocycles. The topological polar surface area (TPSA) is 43.4 Å². The number of methoxy groups -OCH3 is 1. The Bertz CT molecular complexity index is 676. The third kappa shape index (κ3) is 2.35. The van der Waals surface area contributed by atoms with E-state index in [0.29, 0.717) is 12.0 Å². The van der Waals surface area contributed by atoms with Gasteiger partial charge in [-0.2, -0.15) is 0 Å². The van der Waals surface area contributed by atoms with E-state index >= 15 is 0 Å². The SMILES string of the molecule is COC(=O)C1Cc2ccccc2C1C(=O)c1ccccc1. The minimum absolute atomic E-state index is 0.0176. The summed E-state index contributed by atoms with van der Waals surface area (Å²) in [6, 6.07) is 16.9. The van der Waals surface area contributed by atoms with E-state index in [2.05, 4.69) is 0 Å². The van der Waals surface area contributed by atoms with Crippen molar-refractivity contribution in [2.45, 2.75) is 12.3 Å². The summed E-state index contributed by atoms with van der Waals surface area (Å²) in [5.41, 5.74) is 2.64. The van der Waals surface area contributed by atoms with E-state index in [1.54, 1.807) is 12.1 Å². The molecule has 106 valence electrons. The predicted molar refractivity (Wildman–Crippen MR) is 79.2 cm³/mol. The first-order valence-corrected chi connectivity index (χ1v) is 6.97. The molecule has 21 heavy (non-hydrogen) atoms. The van der Waals surface area contributed by atoms with Crippen molar-refractivity contribution in [2.75, 3.05) is 7.11 Å². The molecular formula is C18H16O3. The van der Waals surface area contributed by atoms with Crippen LogP contribution in [0.15, 0.2) is 54.6 Å². The van der Waals surface area contributed by atoms with Crippen LogP contribution in [-0.4, -0.2) is 18.9 Å². The van der Waals surface area contributed by atoms with Crippen molar-refractivity contribution in [2.24, 2.45) is 5.92 Å². The lowest BCUT2D eigenvalue weighted by Crippen LogP contribution is -2.26. The van der Waals surface area contributed by atoms with Crippen LogP contribution >= 0.6 is 0 Å². The molecule has 2 atom stereocenters. The standard InChI is InChI=1S/C18H16O3/c1-21-18(20)15-11-13-9-5-6-10-14(13)16(15)17(19)12-7-3-2-4-8-12/h2-10,15-16H,11H2,1H3. The molecule has 0 fully saturated rings. The summed E-state index contributed by atoms with van der Waals surface area (Å²) in [7, 11) is 1.37. The molecule has 3 heteroatoms. The van der Waals surface area contributed by atoms with Gasteiger partial charge < -0.3 is 4.74 Å². The zero-order valence-corrected chi connectivity index (χ0v) is 11.8. The maximum Gasteiger partial charge on any atom is 0.310 e. The fourth-order valence-corrected chi connectivity index (χ4v) is 3.07. The molecule has 2 unspecified atom stereocenters. The summed E-state index contributed by atoms with van der Waals surface area (Å²) in [6.45, 7) is 0. The lowest BCUT2D eigenvalue weighted by atomic mass is 9.85. The number of ether oxygens (including phenoxy) is 1. The van der Waals surface area contributed by atoms with Gasteiger partial charge in [0.1, 0.15) is 0 Å². The van der Waals surface area contributed by atoms with Crippen molar-refractivity contribution in [3.63, 3.8) is 0 Å². The summed E-state index contributed by atoms with van der Waals surface area (Å²) in [5.74, 6) is -1.22. The molecule has 3 rings (SSSR count). The molecule has 0 N–H and O–H groups in total. The van der Waals surface area contributed by atoms with Crippen molar-refractivity contribution in [1.82, 2.24) is 0 Å². The molecule has 1 aliphatic rings. The van der Waals surface area contributed by atoms with Gasteiger partial charge >= 0.3 is 5.97 Å². The maximum atomic E-state index is 12.8. The van der Waals surface area contributed by atoms with E-state index in [1.165, 1.54) is 7.11 Å². The van der Waals surface area contributed by atoms with Crippen LogP contribution in [0.2, 0.25) is 0 Å². The summed E-state index contributed by atoms with van der Waals surface area (Å²) in [4.78, 5) is 24.9. The highest BCUT2D eigenvalue weighted by Gasteiger charge is 2.42. The van der Waals surface area contributed by atoms with Crippen LogP contribution in [-0.2, 0) is 16.0 Å². The van der Waals surface area contributed by atoms with Gasteiger partial charge in [0.2, 0.25) is 0 Å². The van der Waals surface area contributed by atoms with E-state index in [1.807, 2.05) is 42.5 Å². The van der Waals surface area contributed by atoms with Crippen LogP contribution in [0.1, 0.15) is 27.4 Å². The Morgan fingerprint density at radius 1 is 1.00 bits per heavy atom. The summed E-state index contributed by atoms with van der Waals surface area (Å²) < 4.78 is 4.89. The third-order valence-corrected chi connectivity index (χ3v) is 4.08. The molecule has 3 nitrogen and oxygen atoms in total. The first kappa shape index (κ1) is 13.6. The highest BCUT2D eigenvalue weighted by molar-refractivity contribution is 6.04. The minimum Gasteiger partial charge on any atom is -0.469 e. The molecule has 1 aliphatic carbocycles.